The summed E-state index contributed by atoms with van der Waals surface area (Å²) in [6.07, 6.45) is 4.49. The Morgan fingerprint density at radius 3 is 2.48 bits per heavy atom. The molecule has 0 radical (unpaired) electrons. The van der Waals surface area contributed by atoms with Gasteiger partial charge in [0.25, 0.3) is 0 Å². The molecule has 4 rings (SSSR count). The van der Waals surface area contributed by atoms with Gasteiger partial charge in [-0.05, 0) is 17.7 Å². The molecule has 1 atom stereocenters. The Kier molecular flexibility index (Phi) is 4.66. The van der Waals surface area contributed by atoms with Crippen molar-refractivity contribution in [2.24, 2.45) is 5.10 Å². The number of hydrogen-bond donors (Lipinski definition) is 0. The SMILES string of the molecule is O=C(N1CCN(c2ncc(F)cn2)CC1)N1N=CCC1c1cccc(F)c1. The van der Waals surface area contributed by atoms with Gasteiger partial charge in [-0.2, -0.15) is 5.10 Å². The summed E-state index contributed by atoms with van der Waals surface area (Å²) in [6, 6.07) is 5.73. The van der Waals surface area contributed by atoms with Gasteiger partial charge in [0.2, 0.25) is 5.95 Å². The van der Waals surface area contributed by atoms with Crippen molar-refractivity contribution in [2.75, 3.05) is 31.1 Å². The minimum Gasteiger partial charge on any atom is -0.337 e. The molecule has 0 spiro atoms. The largest absolute Gasteiger partial charge is 0.341 e. The molecule has 0 bridgehead atoms. The molecule has 2 aromatic rings. The van der Waals surface area contributed by atoms with Gasteiger partial charge < -0.3 is 9.80 Å². The predicted octanol–water partition coefficient (Wildman–Crippen LogP) is 2.43. The third kappa shape index (κ3) is 3.57. The van der Waals surface area contributed by atoms with Gasteiger partial charge in [0.1, 0.15) is 5.82 Å². The molecule has 3 heterocycles. The molecular weight excluding hydrogens is 354 g/mol. The Labute approximate surface area is 154 Å². The highest BCUT2D eigenvalue weighted by atomic mass is 19.1. The molecular formula is C18H18F2N6O. The minimum absolute atomic E-state index is 0.210. The number of urea groups is 1. The van der Waals surface area contributed by atoms with Crippen LogP contribution in [-0.2, 0) is 0 Å². The van der Waals surface area contributed by atoms with E-state index in [1.807, 2.05) is 4.90 Å². The third-order valence-corrected chi connectivity index (χ3v) is 4.70. The Balaban J connectivity index is 1.41. The average molecular weight is 372 g/mol. The average Bonchev–Trinajstić information content (AvgIpc) is 3.18. The van der Waals surface area contributed by atoms with Crippen molar-refractivity contribution in [2.45, 2.75) is 12.5 Å². The molecule has 1 unspecified atom stereocenters. The number of carbonyl (C=O) groups is 1. The lowest BCUT2D eigenvalue weighted by Gasteiger charge is -2.37. The number of aromatic nitrogens is 2. The summed E-state index contributed by atoms with van der Waals surface area (Å²) in [6.45, 7) is 2.03. The number of nitrogens with zero attached hydrogens (tertiary/aromatic N) is 6. The van der Waals surface area contributed by atoms with Crippen molar-refractivity contribution in [1.82, 2.24) is 19.9 Å². The first-order chi connectivity index (χ1) is 13.1. The number of piperazine rings is 1. The smallest absolute Gasteiger partial charge is 0.337 e. The van der Waals surface area contributed by atoms with Crippen LogP contribution in [0.25, 0.3) is 0 Å². The first kappa shape index (κ1) is 17.3. The van der Waals surface area contributed by atoms with Gasteiger partial charge in [0.05, 0.1) is 18.4 Å². The number of rotatable bonds is 2. The van der Waals surface area contributed by atoms with Crippen molar-refractivity contribution in [3.8, 4) is 0 Å². The van der Waals surface area contributed by atoms with Crippen LogP contribution in [0.5, 0.6) is 0 Å². The van der Waals surface area contributed by atoms with Gasteiger partial charge in [-0.15, -0.1) is 0 Å². The maximum atomic E-state index is 13.5. The van der Waals surface area contributed by atoms with Gasteiger partial charge in [-0.1, -0.05) is 12.1 Å². The number of hydrogen-bond acceptors (Lipinski definition) is 5. The second-order valence-electron chi connectivity index (χ2n) is 6.41. The van der Waals surface area contributed by atoms with Crippen LogP contribution in [0, 0.1) is 11.6 Å². The molecule has 7 nitrogen and oxygen atoms in total. The van der Waals surface area contributed by atoms with E-state index in [9.17, 15) is 13.6 Å². The standard InChI is InChI=1S/C18H18F2N6O/c19-14-3-1-2-13(10-14)16-4-5-23-26(16)18(27)25-8-6-24(7-9-25)17-21-11-15(20)12-22-17/h1-3,5,10-12,16H,4,6-9H2. The maximum absolute atomic E-state index is 13.5. The van der Waals surface area contributed by atoms with E-state index in [1.165, 1.54) is 17.1 Å². The van der Waals surface area contributed by atoms with E-state index < -0.39 is 5.82 Å². The molecule has 0 N–H and O–H groups in total. The molecule has 1 saturated heterocycles. The summed E-state index contributed by atoms with van der Waals surface area (Å²) in [5.74, 6) is -0.372. The first-order valence-electron chi connectivity index (χ1n) is 8.70. The van der Waals surface area contributed by atoms with Crippen LogP contribution in [0.1, 0.15) is 18.0 Å². The number of carbonyl (C=O) groups excluding carboxylic acids is 1. The molecule has 9 heteroatoms. The van der Waals surface area contributed by atoms with E-state index in [0.29, 0.717) is 38.5 Å². The fraction of sp³-hybridized carbons (Fsp3) is 0.333. The van der Waals surface area contributed by atoms with Gasteiger partial charge >= 0.3 is 6.03 Å². The predicted molar refractivity (Wildman–Crippen MR) is 95.3 cm³/mol. The summed E-state index contributed by atoms with van der Waals surface area (Å²) in [5, 5.41) is 5.62. The summed E-state index contributed by atoms with van der Waals surface area (Å²) in [7, 11) is 0. The zero-order chi connectivity index (χ0) is 18.8. The van der Waals surface area contributed by atoms with Crippen LogP contribution in [-0.4, -0.2) is 58.3 Å². The van der Waals surface area contributed by atoms with Gasteiger partial charge in [-0.3, -0.25) is 0 Å². The van der Waals surface area contributed by atoms with Crippen molar-refractivity contribution in [3.05, 3.63) is 53.9 Å². The normalized spacial score (nSPS) is 19.6. The molecule has 1 aromatic carbocycles. The lowest BCUT2D eigenvalue weighted by molar-refractivity contribution is 0.139. The number of benzene rings is 1. The fourth-order valence-corrected chi connectivity index (χ4v) is 3.30. The minimum atomic E-state index is -0.483. The number of hydrazone groups is 1. The molecule has 1 fully saturated rings. The highest BCUT2D eigenvalue weighted by Gasteiger charge is 2.33. The van der Waals surface area contributed by atoms with E-state index in [2.05, 4.69) is 15.1 Å². The van der Waals surface area contributed by atoms with Gasteiger partial charge in [0, 0.05) is 38.8 Å². The molecule has 0 saturated carbocycles. The topological polar surface area (TPSA) is 64.9 Å². The van der Waals surface area contributed by atoms with Crippen LogP contribution in [0.4, 0.5) is 19.5 Å². The van der Waals surface area contributed by atoms with E-state index in [0.717, 1.165) is 18.0 Å². The summed E-state index contributed by atoms with van der Waals surface area (Å²) in [5.41, 5.74) is 0.721. The number of halogens is 2. The van der Waals surface area contributed by atoms with Crippen molar-refractivity contribution >= 4 is 18.2 Å². The van der Waals surface area contributed by atoms with Crippen LogP contribution >= 0.6 is 0 Å². The van der Waals surface area contributed by atoms with E-state index >= 15 is 0 Å². The van der Waals surface area contributed by atoms with Crippen LogP contribution in [0.15, 0.2) is 41.8 Å². The molecule has 2 aliphatic rings. The number of amides is 2. The lowest BCUT2D eigenvalue weighted by atomic mass is 10.0. The summed E-state index contributed by atoms with van der Waals surface area (Å²) in [4.78, 5) is 24.5. The molecule has 1 aromatic heterocycles. The maximum Gasteiger partial charge on any atom is 0.341 e. The fourth-order valence-electron chi connectivity index (χ4n) is 3.30. The van der Waals surface area contributed by atoms with Crippen molar-refractivity contribution in [1.29, 1.82) is 0 Å². The van der Waals surface area contributed by atoms with Gasteiger partial charge in [-0.25, -0.2) is 28.6 Å². The van der Waals surface area contributed by atoms with E-state index in [-0.39, 0.29) is 17.9 Å². The molecule has 0 aliphatic carbocycles. The zero-order valence-corrected chi connectivity index (χ0v) is 14.5. The quantitative estimate of drug-likeness (QED) is 0.812. The Morgan fingerprint density at radius 1 is 1.04 bits per heavy atom. The third-order valence-electron chi connectivity index (χ3n) is 4.70. The Morgan fingerprint density at radius 2 is 1.78 bits per heavy atom. The zero-order valence-electron chi connectivity index (χ0n) is 14.5. The Bertz CT molecular complexity index is 851. The van der Waals surface area contributed by atoms with Crippen molar-refractivity contribution in [3.63, 3.8) is 0 Å². The van der Waals surface area contributed by atoms with E-state index in [1.54, 1.807) is 23.2 Å². The van der Waals surface area contributed by atoms with Gasteiger partial charge in [0.15, 0.2) is 5.82 Å². The monoisotopic (exact) mass is 372 g/mol. The molecule has 2 amide bonds. The highest BCUT2D eigenvalue weighted by molar-refractivity contribution is 5.78. The Hall–Kier alpha value is -3.10. The van der Waals surface area contributed by atoms with Crippen molar-refractivity contribution < 1.29 is 13.6 Å². The molecule has 27 heavy (non-hydrogen) atoms. The van der Waals surface area contributed by atoms with Crippen LogP contribution in [0.2, 0.25) is 0 Å². The highest BCUT2D eigenvalue weighted by Crippen LogP contribution is 2.29. The second-order valence-corrected chi connectivity index (χ2v) is 6.41. The summed E-state index contributed by atoms with van der Waals surface area (Å²) >= 11 is 0. The second kappa shape index (κ2) is 7.26. The molecule has 2 aliphatic heterocycles. The summed E-state index contributed by atoms with van der Waals surface area (Å²) < 4.78 is 26.5. The van der Waals surface area contributed by atoms with Crippen LogP contribution < -0.4 is 4.90 Å². The molecule has 140 valence electrons. The van der Waals surface area contributed by atoms with E-state index in [4.69, 9.17) is 0 Å². The number of anilines is 1. The first-order valence-corrected chi connectivity index (χ1v) is 8.70. The van der Waals surface area contributed by atoms with Crippen LogP contribution in [0.3, 0.4) is 0 Å². The lowest BCUT2D eigenvalue weighted by Crippen LogP contribution is -2.52.